The van der Waals surface area contributed by atoms with E-state index in [1.807, 2.05) is 48.5 Å². The van der Waals surface area contributed by atoms with E-state index in [1.54, 1.807) is 0 Å². The number of hydrogen-bond acceptors (Lipinski definition) is 5. The molecule has 0 fully saturated rings. The van der Waals surface area contributed by atoms with Gasteiger partial charge in [0.25, 0.3) is 0 Å². The predicted octanol–water partition coefficient (Wildman–Crippen LogP) is 16.3. The number of fused-ring (bicyclic) bond motifs is 16. The molecular weight excluding hydrogens is 843 g/mol. The minimum absolute atomic E-state index is 0.432. The Hall–Kier alpha value is -9.19. The third-order valence-corrected chi connectivity index (χ3v) is 14.6. The minimum Gasteiger partial charge on any atom is -0.456 e. The van der Waals surface area contributed by atoms with Crippen LogP contribution in [0.3, 0.4) is 0 Å². The van der Waals surface area contributed by atoms with E-state index in [0.29, 0.717) is 17.5 Å². The molecule has 0 N–H and O–H groups in total. The number of para-hydroxylation sites is 1. The van der Waals surface area contributed by atoms with Gasteiger partial charge in [0.2, 0.25) is 0 Å². The number of nitrogens with zero attached hydrogens (tertiary/aromatic N) is 3. The Morgan fingerprint density at radius 3 is 1.57 bits per heavy atom. The third-order valence-electron chi connectivity index (χ3n) is 14.6. The van der Waals surface area contributed by atoms with E-state index in [2.05, 4.69) is 176 Å². The summed E-state index contributed by atoms with van der Waals surface area (Å²) in [7, 11) is 0. The van der Waals surface area contributed by atoms with Crippen LogP contribution in [-0.2, 0) is 5.41 Å². The van der Waals surface area contributed by atoms with Gasteiger partial charge >= 0.3 is 0 Å². The van der Waals surface area contributed by atoms with Gasteiger partial charge in [-0.2, -0.15) is 0 Å². The molecule has 0 atom stereocenters. The van der Waals surface area contributed by atoms with Crippen LogP contribution in [-0.4, -0.2) is 15.0 Å². The van der Waals surface area contributed by atoms with Crippen molar-refractivity contribution in [3.05, 3.63) is 247 Å². The van der Waals surface area contributed by atoms with Crippen molar-refractivity contribution < 1.29 is 8.83 Å². The zero-order valence-electron chi connectivity index (χ0n) is 37.0. The Labute approximate surface area is 396 Å². The van der Waals surface area contributed by atoms with Crippen LogP contribution in [0, 0.1) is 0 Å². The Kier molecular flexibility index (Phi) is 7.93. The fourth-order valence-electron chi connectivity index (χ4n) is 11.7. The van der Waals surface area contributed by atoms with Gasteiger partial charge in [-0.05, 0) is 115 Å². The highest BCUT2D eigenvalue weighted by molar-refractivity contribution is 6.13. The van der Waals surface area contributed by atoms with Crippen molar-refractivity contribution in [2.45, 2.75) is 5.41 Å². The quantitative estimate of drug-likeness (QED) is 0.172. The maximum atomic E-state index is 6.70. The lowest BCUT2D eigenvalue weighted by Crippen LogP contribution is -2.25. The molecule has 5 nitrogen and oxygen atoms in total. The van der Waals surface area contributed by atoms with Gasteiger partial charge in [-0.15, -0.1) is 0 Å². The van der Waals surface area contributed by atoms with Crippen LogP contribution in [0.2, 0.25) is 0 Å². The van der Waals surface area contributed by atoms with Gasteiger partial charge in [0.05, 0.1) is 5.41 Å². The number of hydrogen-bond donors (Lipinski definition) is 0. The highest BCUT2D eigenvalue weighted by Gasteiger charge is 2.52. The molecule has 10 aromatic carbocycles. The second-order valence-corrected chi connectivity index (χ2v) is 18.2. The third kappa shape index (κ3) is 5.44. The van der Waals surface area contributed by atoms with Crippen LogP contribution in [0.5, 0.6) is 0 Å². The van der Waals surface area contributed by atoms with E-state index in [-0.39, 0.29) is 0 Å². The highest BCUT2D eigenvalue weighted by atomic mass is 16.3. The van der Waals surface area contributed by atoms with Gasteiger partial charge in [0.15, 0.2) is 17.5 Å². The van der Waals surface area contributed by atoms with Gasteiger partial charge < -0.3 is 8.83 Å². The lowest BCUT2D eigenvalue weighted by atomic mass is 9.70. The van der Waals surface area contributed by atoms with Gasteiger partial charge in [-0.1, -0.05) is 176 Å². The minimum atomic E-state index is -0.432. The average Bonchev–Trinajstić information content (AvgIpc) is 4.16. The van der Waals surface area contributed by atoms with Crippen LogP contribution in [0.25, 0.3) is 123 Å². The van der Waals surface area contributed by atoms with Gasteiger partial charge in [0, 0.05) is 38.2 Å². The lowest BCUT2D eigenvalue weighted by molar-refractivity contribution is 0.668. The maximum absolute atomic E-state index is 6.70. The largest absolute Gasteiger partial charge is 0.456 e. The van der Waals surface area contributed by atoms with Crippen molar-refractivity contribution >= 4 is 43.9 Å². The predicted molar refractivity (Wildman–Crippen MR) is 278 cm³/mol. The van der Waals surface area contributed by atoms with E-state index < -0.39 is 5.41 Å². The second-order valence-electron chi connectivity index (χ2n) is 18.2. The zero-order valence-corrected chi connectivity index (χ0v) is 37.0. The second kappa shape index (κ2) is 14.4. The Morgan fingerprint density at radius 2 is 0.768 bits per heavy atom. The molecule has 69 heavy (non-hydrogen) atoms. The standard InChI is InChI=1S/C64H37N3O2/c1-2-15-38(16-3-1)39-17-12-18-41(35-39)61-65-62(42-32-34-56-49(37-42)46-21-7-11-29-55(46)68-56)67-63(66-61)48-24-14-30-58-60(48)50-36-40(31-33-57(50)69-58)43-23-13-28-54-59(43)47-22-6-10-27-53(47)64(54)51-25-8-4-19-44(51)45-20-5-9-26-52(45)64/h1-37H. The number of benzene rings is 10. The molecule has 0 saturated carbocycles. The average molecular weight is 880 g/mol. The van der Waals surface area contributed by atoms with Crippen LogP contribution in [0.15, 0.2) is 233 Å². The summed E-state index contributed by atoms with van der Waals surface area (Å²) in [5, 5.41) is 4.00. The van der Waals surface area contributed by atoms with Gasteiger partial charge in [0.1, 0.15) is 22.3 Å². The van der Waals surface area contributed by atoms with Crippen molar-refractivity contribution in [1.29, 1.82) is 0 Å². The molecular formula is C64H37N3O2. The molecule has 5 heteroatoms. The van der Waals surface area contributed by atoms with E-state index in [4.69, 9.17) is 23.8 Å². The molecule has 2 aliphatic carbocycles. The van der Waals surface area contributed by atoms with Crippen molar-refractivity contribution in [3.63, 3.8) is 0 Å². The van der Waals surface area contributed by atoms with Crippen molar-refractivity contribution in [2.24, 2.45) is 0 Å². The van der Waals surface area contributed by atoms with E-state index in [9.17, 15) is 0 Å². The summed E-state index contributed by atoms with van der Waals surface area (Å²) in [4.78, 5) is 15.9. The fraction of sp³-hybridized carbons (Fsp3) is 0.0156. The summed E-state index contributed by atoms with van der Waals surface area (Å²) in [6.07, 6.45) is 0. The molecule has 0 amide bonds. The molecule has 3 heterocycles. The first-order valence-corrected chi connectivity index (χ1v) is 23.4. The molecule has 0 radical (unpaired) electrons. The molecule has 1 spiro atoms. The molecule has 3 aromatic heterocycles. The Bertz CT molecular complexity index is 4230. The number of furan rings is 2. The van der Waals surface area contributed by atoms with E-state index in [0.717, 1.165) is 77.3 Å². The van der Waals surface area contributed by atoms with E-state index >= 15 is 0 Å². The summed E-state index contributed by atoms with van der Waals surface area (Å²) in [5.74, 6) is 1.71. The smallest absolute Gasteiger partial charge is 0.164 e. The summed E-state index contributed by atoms with van der Waals surface area (Å²) >= 11 is 0. The molecule has 0 bridgehead atoms. The summed E-state index contributed by atoms with van der Waals surface area (Å²) in [6, 6.07) is 79.8. The normalized spacial score (nSPS) is 13.0. The fourth-order valence-corrected chi connectivity index (χ4v) is 11.7. The van der Waals surface area contributed by atoms with Crippen LogP contribution < -0.4 is 0 Å². The van der Waals surface area contributed by atoms with E-state index in [1.165, 1.54) is 50.1 Å². The van der Waals surface area contributed by atoms with Gasteiger partial charge in [-0.25, -0.2) is 15.0 Å². The molecule has 0 unspecified atom stereocenters. The molecule has 13 aromatic rings. The first-order chi connectivity index (χ1) is 34.2. The summed E-state index contributed by atoms with van der Waals surface area (Å²) < 4.78 is 12.9. The van der Waals surface area contributed by atoms with Crippen LogP contribution in [0.1, 0.15) is 22.3 Å². The van der Waals surface area contributed by atoms with Gasteiger partial charge in [-0.3, -0.25) is 0 Å². The van der Waals surface area contributed by atoms with Crippen molar-refractivity contribution in [3.8, 4) is 78.7 Å². The van der Waals surface area contributed by atoms with Crippen LogP contribution in [0.4, 0.5) is 0 Å². The van der Waals surface area contributed by atoms with Crippen molar-refractivity contribution in [2.75, 3.05) is 0 Å². The Balaban J connectivity index is 0.938. The zero-order chi connectivity index (χ0) is 45.2. The maximum Gasteiger partial charge on any atom is 0.164 e. The molecule has 15 rings (SSSR count). The highest BCUT2D eigenvalue weighted by Crippen LogP contribution is 2.64. The topological polar surface area (TPSA) is 65.0 Å². The first kappa shape index (κ1) is 38.0. The first-order valence-electron chi connectivity index (χ1n) is 23.4. The summed E-state index contributed by atoms with van der Waals surface area (Å²) in [6.45, 7) is 0. The molecule has 320 valence electrons. The van der Waals surface area contributed by atoms with Crippen LogP contribution >= 0.6 is 0 Å². The lowest BCUT2D eigenvalue weighted by Gasteiger charge is -2.30. The SMILES string of the molecule is c1ccc(-c2cccc(-c3nc(-c4ccc5oc6ccccc6c5c4)nc(-c4cccc5oc6ccc(-c7cccc8c7-c7ccccc7C87c8ccccc8-c8ccccc87)cc6c45)n3)c2)cc1. The molecule has 0 aliphatic heterocycles. The molecule has 2 aliphatic rings. The Morgan fingerprint density at radius 1 is 0.275 bits per heavy atom. The summed E-state index contributed by atoms with van der Waals surface area (Å²) in [5.41, 5.74) is 20.3. The number of aromatic nitrogens is 3. The van der Waals surface area contributed by atoms with Crippen molar-refractivity contribution in [1.82, 2.24) is 15.0 Å². The number of rotatable bonds is 5. The monoisotopic (exact) mass is 879 g/mol. The molecule has 0 saturated heterocycles.